The van der Waals surface area contributed by atoms with Crippen LogP contribution in [0.25, 0.3) is 0 Å². The monoisotopic (exact) mass is 347 g/mol. The van der Waals surface area contributed by atoms with E-state index in [4.69, 9.17) is 4.98 Å². The van der Waals surface area contributed by atoms with Crippen molar-refractivity contribution in [3.63, 3.8) is 0 Å². The molecule has 1 saturated heterocycles. The van der Waals surface area contributed by atoms with Gasteiger partial charge < -0.3 is 9.80 Å². The molecule has 2 amide bonds. The van der Waals surface area contributed by atoms with E-state index >= 15 is 0 Å². The number of likely N-dealkylation sites (tertiary alicyclic amines) is 1. The first-order valence-corrected chi connectivity index (χ1v) is 9.54. The molecule has 0 N–H and O–H groups in total. The number of thiazole rings is 1. The molecule has 0 atom stereocenters. The van der Waals surface area contributed by atoms with Crippen molar-refractivity contribution in [3.8, 4) is 0 Å². The number of fused-ring (bicyclic) bond motifs is 1. The van der Waals surface area contributed by atoms with Gasteiger partial charge in [-0.05, 0) is 44.6 Å². The Hall–Kier alpha value is -1.69. The molecule has 0 saturated carbocycles. The van der Waals surface area contributed by atoms with Crippen molar-refractivity contribution in [2.75, 3.05) is 26.7 Å². The van der Waals surface area contributed by atoms with Crippen molar-refractivity contribution in [2.45, 2.75) is 44.4 Å². The van der Waals surface area contributed by atoms with Gasteiger partial charge in [-0.1, -0.05) is 6.58 Å². The Bertz CT molecular complexity index is 609. The second-order valence-electron chi connectivity index (χ2n) is 6.68. The van der Waals surface area contributed by atoms with Gasteiger partial charge in [0.2, 0.25) is 11.8 Å². The minimum Gasteiger partial charge on any atom is -0.341 e. The number of piperidine rings is 1. The van der Waals surface area contributed by atoms with Crippen LogP contribution in [0.2, 0.25) is 0 Å². The predicted octanol–water partition coefficient (Wildman–Crippen LogP) is 2.37. The summed E-state index contributed by atoms with van der Waals surface area (Å²) in [6, 6.07) is 0. The first kappa shape index (κ1) is 17.1. The quantitative estimate of drug-likeness (QED) is 0.786. The predicted molar refractivity (Wildman–Crippen MR) is 95.1 cm³/mol. The lowest BCUT2D eigenvalue weighted by Crippen LogP contribution is -2.44. The average molecular weight is 347 g/mol. The maximum atomic E-state index is 12.3. The van der Waals surface area contributed by atoms with Crippen LogP contribution in [0.3, 0.4) is 0 Å². The molecule has 0 bridgehead atoms. The lowest BCUT2D eigenvalue weighted by Gasteiger charge is -2.32. The van der Waals surface area contributed by atoms with Crippen LogP contribution in [0.1, 0.15) is 47.2 Å². The van der Waals surface area contributed by atoms with Crippen LogP contribution in [-0.4, -0.2) is 53.3 Å². The molecule has 1 aliphatic heterocycles. The van der Waals surface area contributed by atoms with Crippen molar-refractivity contribution < 1.29 is 9.59 Å². The number of carbonyl (C=O) groups excluding carboxylic acids is 2. The second-order valence-corrected chi connectivity index (χ2v) is 7.80. The summed E-state index contributed by atoms with van der Waals surface area (Å²) in [5.41, 5.74) is 1.32. The first-order valence-electron chi connectivity index (χ1n) is 8.72. The molecule has 1 aromatic heterocycles. The van der Waals surface area contributed by atoms with E-state index in [-0.39, 0.29) is 18.4 Å². The van der Waals surface area contributed by atoms with E-state index in [2.05, 4.69) is 6.58 Å². The number of amides is 2. The lowest BCUT2D eigenvalue weighted by molar-refractivity contribution is -0.138. The summed E-state index contributed by atoms with van der Waals surface area (Å²) in [5.74, 6) is 0.286. The van der Waals surface area contributed by atoms with Gasteiger partial charge in [-0.15, -0.1) is 11.3 Å². The molecule has 5 nitrogen and oxygen atoms in total. The van der Waals surface area contributed by atoms with Crippen molar-refractivity contribution in [1.29, 1.82) is 0 Å². The van der Waals surface area contributed by atoms with Gasteiger partial charge in [-0.25, -0.2) is 4.98 Å². The fourth-order valence-corrected chi connectivity index (χ4v) is 4.78. The number of aryl methyl sites for hydroxylation is 2. The number of likely N-dealkylation sites (N-methyl/N-ethyl adjacent to an activating group) is 1. The third-order valence-electron chi connectivity index (χ3n) is 4.98. The van der Waals surface area contributed by atoms with E-state index in [1.54, 1.807) is 7.05 Å². The van der Waals surface area contributed by atoms with Gasteiger partial charge in [0, 0.05) is 30.9 Å². The SMILES string of the molecule is C=CC(=O)N(C)CC(=O)N1CCC(c2nc3c(s2)CCCC3)CC1. The Morgan fingerprint density at radius 3 is 2.71 bits per heavy atom. The summed E-state index contributed by atoms with van der Waals surface area (Å²) in [5, 5.41) is 1.27. The Labute approximate surface area is 147 Å². The standard InChI is InChI=1S/C18H25N3O2S/c1-3-16(22)20(2)12-17(23)21-10-8-13(9-11-21)18-19-14-6-4-5-7-15(14)24-18/h3,13H,1,4-12H2,2H3. The number of hydrogen-bond acceptors (Lipinski definition) is 4. The largest absolute Gasteiger partial charge is 0.341 e. The maximum absolute atomic E-state index is 12.3. The van der Waals surface area contributed by atoms with Crippen LogP contribution in [0.5, 0.6) is 0 Å². The number of nitrogens with zero attached hydrogens (tertiary/aromatic N) is 3. The second kappa shape index (κ2) is 7.47. The third-order valence-corrected chi connectivity index (χ3v) is 6.30. The highest BCUT2D eigenvalue weighted by molar-refractivity contribution is 7.11. The molecule has 0 aromatic carbocycles. The molecular formula is C18H25N3O2S. The fourth-order valence-electron chi connectivity index (χ4n) is 3.46. The molecule has 24 heavy (non-hydrogen) atoms. The van der Waals surface area contributed by atoms with Gasteiger partial charge in [0.15, 0.2) is 0 Å². The Kier molecular flexibility index (Phi) is 5.33. The van der Waals surface area contributed by atoms with Crippen LogP contribution >= 0.6 is 11.3 Å². The molecule has 2 heterocycles. The number of carbonyl (C=O) groups is 2. The lowest BCUT2D eigenvalue weighted by atomic mass is 9.97. The van der Waals surface area contributed by atoms with Gasteiger partial charge in [0.1, 0.15) is 0 Å². The van der Waals surface area contributed by atoms with Gasteiger partial charge >= 0.3 is 0 Å². The zero-order chi connectivity index (χ0) is 17.1. The van der Waals surface area contributed by atoms with Gasteiger partial charge in [0.05, 0.1) is 17.2 Å². The molecule has 0 unspecified atom stereocenters. The Balaban J connectivity index is 1.54. The van der Waals surface area contributed by atoms with Crippen molar-refractivity contribution in [3.05, 3.63) is 28.2 Å². The summed E-state index contributed by atoms with van der Waals surface area (Å²) in [6.45, 7) is 5.08. The van der Waals surface area contributed by atoms with E-state index in [9.17, 15) is 9.59 Å². The third kappa shape index (κ3) is 3.69. The van der Waals surface area contributed by atoms with Gasteiger partial charge in [-0.2, -0.15) is 0 Å². The normalized spacial score (nSPS) is 18.1. The fraction of sp³-hybridized carbons (Fsp3) is 0.611. The van der Waals surface area contributed by atoms with Crippen molar-refractivity contribution >= 4 is 23.2 Å². The molecule has 0 radical (unpaired) electrons. The van der Waals surface area contributed by atoms with Crippen LogP contribution in [0, 0.1) is 0 Å². The van der Waals surface area contributed by atoms with E-state index < -0.39 is 0 Å². The summed E-state index contributed by atoms with van der Waals surface area (Å²) >= 11 is 1.89. The smallest absolute Gasteiger partial charge is 0.246 e. The molecule has 1 aromatic rings. The van der Waals surface area contributed by atoms with Crippen LogP contribution in [0.4, 0.5) is 0 Å². The number of aromatic nitrogens is 1. The minimum absolute atomic E-state index is 0.0181. The molecule has 6 heteroatoms. The van der Waals surface area contributed by atoms with Gasteiger partial charge in [0.25, 0.3) is 0 Å². The highest BCUT2D eigenvalue weighted by atomic mass is 32.1. The topological polar surface area (TPSA) is 53.5 Å². The summed E-state index contributed by atoms with van der Waals surface area (Å²) in [6.07, 6.45) is 8.05. The molecule has 1 aliphatic carbocycles. The van der Waals surface area contributed by atoms with Crippen LogP contribution in [-0.2, 0) is 22.4 Å². The molecule has 2 aliphatic rings. The van der Waals surface area contributed by atoms with E-state index in [0.29, 0.717) is 5.92 Å². The average Bonchev–Trinajstić information content (AvgIpc) is 3.05. The highest BCUT2D eigenvalue weighted by Crippen LogP contribution is 2.35. The van der Waals surface area contributed by atoms with E-state index in [1.807, 2.05) is 16.2 Å². The van der Waals surface area contributed by atoms with Crippen LogP contribution in [0.15, 0.2) is 12.7 Å². The highest BCUT2D eigenvalue weighted by Gasteiger charge is 2.27. The summed E-state index contributed by atoms with van der Waals surface area (Å²) < 4.78 is 0. The molecule has 0 spiro atoms. The first-order chi connectivity index (χ1) is 11.6. The number of rotatable bonds is 4. The maximum Gasteiger partial charge on any atom is 0.246 e. The zero-order valence-electron chi connectivity index (χ0n) is 14.3. The van der Waals surface area contributed by atoms with Crippen LogP contribution < -0.4 is 0 Å². The van der Waals surface area contributed by atoms with E-state index in [1.165, 1.54) is 45.8 Å². The Morgan fingerprint density at radius 1 is 1.33 bits per heavy atom. The molecule has 3 rings (SSSR count). The van der Waals surface area contributed by atoms with Gasteiger partial charge in [-0.3, -0.25) is 9.59 Å². The Morgan fingerprint density at radius 2 is 2.04 bits per heavy atom. The van der Waals surface area contributed by atoms with Crippen molar-refractivity contribution in [2.24, 2.45) is 0 Å². The van der Waals surface area contributed by atoms with Crippen molar-refractivity contribution in [1.82, 2.24) is 14.8 Å². The zero-order valence-corrected chi connectivity index (χ0v) is 15.1. The molecular weight excluding hydrogens is 322 g/mol. The van der Waals surface area contributed by atoms with E-state index in [0.717, 1.165) is 32.4 Å². The molecule has 130 valence electrons. The number of hydrogen-bond donors (Lipinski definition) is 0. The molecule has 1 fully saturated rings. The summed E-state index contributed by atoms with van der Waals surface area (Å²) in [7, 11) is 1.63. The minimum atomic E-state index is -0.216. The summed E-state index contributed by atoms with van der Waals surface area (Å²) in [4.78, 5) is 33.5.